The SMILES string of the molecule is CCCCCCOc1ccc(-c2cn3nc(-c4ccccc4Cl)sc3n2)cc1. The van der Waals surface area contributed by atoms with Crippen molar-refractivity contribution in [3.05, 3.63) is 59.8 Å². The first-order valence-electron chi connectivity index (χ1n) is 9.59. The topological polar surface area (TPSA) is 39.4 Å². The molecular weight excluding hydrogens is 390 g/mol. The van der Waals surface area contributed by atoms with Crippen LogP contribution in [0.1, 0.15) is 32.6 Å². The molecule has 0 atom stereocenters. The Morgan fingerprint density at radius 1 is 1.04 bits per heavy atom. The van der Waals surface area contributed by atoms with Crippen LogP contribution in [-0.4, -0.2) is 21.2 Å². The van der Waals surface area contributed by atoms with E-state index in [1.54, 1.807) is 0 Å². The summed E-state index contributed by atoms with van der Waals surface area (Å²) >= 11 is 7.81. The van der Waals surface area contributed by atoms with E-state index in [9.17, 15) is 0 Å². The van der Waals surface area contributed by atoms with Crippen molar-refractivity contribution in [1.29, 1.82) is 0 Å². The molecule has 6 heteroatoms. The van der Waals surface area contributed by atoms with Crippen LogP contribution in [0.3, 0.4) is 0 Å². The van der Waals surface area contributed by atoms with Gasteiger partial charge in [0.2, 0.25) is 4.96 Å². The van der Waals surface area contributed by atoms with Crippen molar-refractivity contribution in [3.63, 3.8) is 0 Å². The Morgan fingerprint density at radius 2 is 1.86 bits per heavy atom. The lowest BCUT2D eigenvalue weighted by molar-refractivity contribution is 0.305. The lowest BCUT2D eigenvalue weighted by Gasteiger charge is -2.06. The molecule has 2 aromatic carbocycles. The molecule has 0 spiro atoms. The highest BCUT2D eigenvalue weighted by Gasteiger charge is 2.13. The van der Waals surface area contributed by atoms with Crippen molar-refractivity contribution >= 4 is 27.9 Å². The molecule has 4 nitrogen and oxygen atoms in total. The van der Waals surface area contributed by atoms with Crippen LogP contribution in [0.4, 0.5) is 0 Å². The number of unbranched alkanes of at least 4 members (excludes halogenated alkanes) is 3. The van der Waals surface area contributed by atoms with Gasteiger partial charge in [-0.05, 0) is 36.8 Å². The van der Waals surface area contributed by atoms with E-state index in [0.717, 1.165) is 45.6 Å². The second kappa shape index (κ2) is 8.76. The van der Waals surface area contributed by atoms with Gasteiger partial charge in [0, 0.05) is 11.1 Å². The van der Waals surface area contributed by atoms with E-state index >= 15 is 0 Å². The largest absolute Gasteiger partial charge is 0.494 e. The molecule has 28 heavy (non-hydrogen) atoms. The minimum atomic E-state index is 0.699. The summed E-state index contributed by atoms with van der Waals surface area (Å²) in [5, 5.41) is 6.20. The maximum absolute atomic E-state index is 6.28. The van der Waals surface area contributed by atoms with Crippen LogP contribution in [0.15, 0.2) is 54.7 Å². The van der Waals surface area contributed by atoms with Gasteiger partial charge in [0.1, 0.15) is 10.8 Å². The predicted molar refractivity (Wildman–Crippen MR) is 116 cm³/mol. The highest BCUT2D eigenvalue weighted by atomic mass is 35.5. The second-order valence-corrected chi connectivity index (χ2v) is 8.04. The molecule has 4 aromatic rings. The summed E-state index contributed by atoms with van der Waals surface area (Å²) in [5.41, 5.74) is 2.89. The predicted octanol–water partition coefficient (Wildman–Crippen LogP) is 6.74. The second-order valence-electron chi connectivity index (χ2n) is 6.67. The fourth-order valence-electron chi connectivity index (χ4n) is 3.02. The Bertz CT molecular complexity index is 1020. The molecule has 144 valence electrons. The average Bonchev–Trinajstić information content (AvgIpc) is 3.28. The maximum atomic E-state index is 6.28. The molecule has 0 aliphatic rings. The van der Waals surface area contributed by atoms with Gasteiger partial charge in [0.05, 0.1) is 23.5 Å². The lowest BCUT2D eigenvalue weighted by atomic mass is 10.1. The number of hydrogen-bond donors (Lipinski definition) is 0. The van der Waals surface area contributed by atoms with E-state index in [2.05, 4.69) is 12.0 Å². The van der Waals surface area contributed by atoms with Gasteiger partial charge in [-0.3, -0.25) is 0 Å². The first-order chi connectivity index (χ1) is 13.7. The van der Waals surface area contributed by atoms with Crippen molar-refractivity contribution in [2.24, 2.45) is 0 Å². The third-order valence-corrected chi connectivity index (χ3v) is 5.85. The Kier molecular flexibility index (Phi) is 5.93. The molecule has 2 aromatic heterocycles. The third kappa shape index (κ3) is 4.21. The van der Waals surface area contributed by atoms with E-state index < -0.39 is 0 Å². The van der Waals surface area contributed by atoms with Gasteiger partial charge in [0.25, 0.3) is 0 Å². The molecule has 0 unspecified atom stereocenters. The maximum Gasteiger partial charge on any atom is 0.213 e. The number of imidazole rings is 1. The Hall–Kier alpha value is -2.37. The van der Waals surface area contributed by atoms with E-state index in [4.69, 9.17) is 21.3 Å². The van der Waals surface area contributed by atoms with E-state index in [1.165, 1.54) is 30.6 Å². The zero-order chi connectivity index (χ0) is 19.3. The van der Waals surface area contributed by atoms with Gasteiger partial charge in [-0.1, -0.05) is 67.3 Å². The quantitative estimate of drug-likeness (QED) is 0.301. The molecule has 0 bridgehead atoms. The van der Waals surface area contributed by atoms with Gasteiger partial charge in [-0.25, -0.2) is 9.50 Å². The van der Waals surface area contributed by atoms with Crippen molar-refractivity contribution in [2.75, 3.05) is 6.61 Å². The van der Waals surface area contributed by atoms with Gasteiger partial charge < -0.3 is 4.74 Å². The van der Waals surface area contributed by atoms with Crippen LogP contribution in [0.2, 0.25) is 5.02 Å². The van der Waals surface area contributed by atoms with Crippen molar-refractivity contribution in [2.45, 2.75) is 32.6 Å². The first-order valence-corrected chi connectivity index (χ1v) is 10.8. The molecular formula is C22H22ClN3OS. The van der Waals surface area contributed by atoms with E-state index in [-0.39, 0.29) is 0 Å². The smallest absolute Gasteiger partial charge is 0.213 e. The monoisotopic (exact) mass is 411 g/mol. The molecule has 2 heterocycles. The zero-order valence-electron chi connectivity index (χ0n) is 15.8. The molecule has 0 saturated heterocycles. The normalized spacial score (nSPS) is 11.2. The summed E-state index contributed by atoms with van der Waals surface area (Å²) < 4.78 is 7.63. The molecule has 0 aliphatic carbocycles. The van der Waals surface area contributed by atoms with Crippen LogP contribution in [0, 0.1) is 0 Å². The summed E-state index contributed by atoms with van der Waals surface area (Å²) in [6.07, 6.45) is 6.79. The van der Waals surface area contributed by atoms with E-state index in [1.807, 2.05) is 59.2 Å². The number of benzene rings is 2. The number of halogens is 1. The number of fused-ring (bicyclic) bond motifs is 1. The zero-order valence-corrected chi connectivity index (χ0v) is 17.3. The molecule has 0 fully saturated rings. The van der Waals surface area contributed by atoms with Gasteiger partial charge in [-0.15, -0.1) is 0 Å². The summed E-state index contributed by atoms with van der Waals surface area (Å²) in [7, 11) is 0. The minimum Gasteiger partial charge on any atom is -0.494 e. The number of rotatable bonds is 8. The van der Waals surface area contributed by atoms with Crippen molar-refractivity contribution in [1.82, 2.24) is 14.6 Å². The fourth-order valence-corrected chi connectivity index (χ4v) is 4.23. The molecule has 0 radical (unpaired) electrons. The highest BCUT2D eigenvalue weighted by Crippen LogP contribution is 2.32. The number of ether oxygens (including phenoxy) is 1. The van der Waals surface area contributed by atoms with Crippen LogP contribution >= 0.6 is 22.9 Å². The fraction of sp³-hybridized carbons (Fsp3) is 0.273. The molecule has 0 amide bonds. The Labute approximate surface area is 173 Å². The van der Waals surface area contributed by atoms with Gasteiger partial charge in [-0.2, -0.15) is 5.10 Å². The van der Waals surface area contributed by atoms with Crippen LogP contribution < -0.4 is 4.74 Å². The number of hydrogen-bond acceptors (Lipinski definition) is 4. The molecule has 0 saturated carbocycles. The molecule has 4 rings (SSSR count). The van der Waals surface area contributed by atoms with Crippen LogP contribution in [0.25, 0.3) is 26.8 Å². The summed E-state index contributed by atoms with van der Waals surface area (Å²) in [6.45, 7) is 2.99. The van der Waals surface area contributed by atoms with Gasteiger partial charge in [0.15, 0.2) is 0 Å². The molecule has 0 aliphatic heterocycles. The van der Waals surface area contributed by atoms with Crippen molar-refractivity contribution < 1.29 is 4.74 Å². The van der Waals surface area contributed by atoms with Crippen LogP contribution in [0.5, 0.6) is 5.75 Å². The first kappa shape index (κ1) is 19.0. The third-order valence-electron chi connectivity index (χ3n) is 4.56. The van der Waals surface area contributed by atoms with Crippen LogP contribution in [-0.2, 0) is 0 Å². The lowest BCUT2D eigenvalue weighted by Crippen LogP contribution is -1.96. The number of aromatic nitrogens is 3. The van der Waals surface area contributed by atoms with E-state index in [0.29, 0.717) is 5.02 Å². The summed E-state index contributed by atoms with van der Waals surface area (Å²) in [4.78, 5) is 5.57. The summed E-state index contributed by atoms with van der Waals surface area (Å²) in [6, 6.07) is 15.8. The minimum absolute atomic E-state index is 0.699. The Balaban J connectivity index is 1.46. The highest BCUT2D eigenvalue weighted by molar-refractivity contribution is 7.19. The summed E-state index contributed by atoms with van der Waals surface area (Å²) in [5.74, 6) is 0.903. The number of nitrogens with zero attached hydrogens (tertiary/aromatic N) is 3. The standard InChI is InChI=1S/C22H22ClN3OS/c1-2-3-4-7-14-27-17-12-10-16(11-13-17)20-15-26-22(24-20)28-21(25-26)18-8-5-6-9-19(18)23/h5-6,8-13,15H,2-4,7,14H2,1H3. The average molecular weight is 412 g/mol. The van der Waals surface area contributed by atoms with Crippen molar-refractivity contribution in [3.8, 4) is 27.6 Å². The Morgan fingerprint density at radius 3 is 2.61 bits per heavy atom. The molecule has 0 N–H and O–H groups in total. The van der Waals surface area contributed by atoms with Gasteiger partial charge >= 0.3 is 0 Å².